The summed E-state index contributed by atoms with van der Waals surface area (Å²) in [5.41, 5.74) is 0. The van der Waals surface area contributed by atoms with Crippen molar-refractivity contribution in [1.82, 2.24) is 5.32 Å². The van der Waals surface area contributed by atoms with Crippen molar-refractivity contribution in [3.8, 4) is 0 Å². The summed E-state index contributed by atoms with van der Waals surface area (Å²) in [5.74, 6) is -1.53. The molecular weight excluding hydrogens is 254 g/mol. The van der Waals surface area contributed by atoms with Crippen molar-refractivity contribution in [2.45, 2.75) is 51.0 Å². The standard InChI is InChI=1S/C16H23NO3/c18-15(17-12-5-3-1-2-4-6-12)13-10-7-8-11(9-10)14(13)16(19)20/h7-8,10-14H,1-6,9H2,(H,17,18)(H,19,20)/t10-,11+,13+,14-/m0/s1. The van der Waals surface area contributed by atoms with E-state index in [1.807, 2.05) is 12.2 Å². The topological polar surface area (TPSA) is 66.4 Å². The number of amides is 1. The largest absolute Gasteiger partial charge is 0.481 e. The Morgan fingerprint density at radius 2 is 1.55 bits per heavy atom. The zero-order valence-electron chi connectivity index (χ0n) is 11.8. The number of rotatable bonds is 3. The minimum absolute atomic E-state index is 0.0267. The summed E-state index contributed by atoms with van der Waals surface area (Å²) in [6.07, 6.45) is 11.8. The van der Waals surface area contributed by atoms with Gasteiger partial charge in [-0.05, 0) is 31.1 Å². The SMILES string of the molecule is O=C(O)[C@@H]1[C@H](C(=O)NC2CCCCCC2)[C@H]2C=C[C@@H]1C2. The van der Waals surface area contributed by atoms with E-state index in [0.29, 0.717) is 0 Å². The van der Waals surface area contributed by atoms with Crippen LogP contribution in [0.2, 0.25) is 0 Å². The summed E-state index contributed by atoms with van der Waals surface area (Å²) in [5, 5.41) is 12.5. The van der Waals surface area contributed by atoms with E-state index >= 15 is 0 Å². The number of carbonyl (C=O) groups excluding carboxylic acids is 1. The third-order valence-corrected chi connectivity index (χ3v) is 5.25. The Morgan fingerprint density at radius 1 is 0.950 bits per heavy atom. The Morgan fingerprint density at radius 3 is 2.15 bits per heavy atom. The van der Waals surface area contributed by atoms with Gasteiger partial charge in [-0.15, -0.1) is 0 Å². The van der Waals surface area contributed by atoms with Gasteiger partial charge in [0.15, 0.2) is 0 Å². The molecule has 2 N–H and O–H groups in total. The lowest BCUT2D eigenvalue weighted by molar-refractivity contribution is -0.148. The highest BCUT2D eigenvalue weighted by atomic mass is 16.4. The molecule has 0 aromatic rings. The summed E-state index contributed by atoms with van der Waals surface area (Å²) in [6.45, 7) is 0. The highest BCUT2D eigenvalue weighted by Crippen LogP contribution is 2.48. The van der Waals surface area contributed by atoms with Crippen molar-refractivity contribution in [2.24, 2.45) is 23.7 Å². The third kappa shape index (κ3) is 2.48. The van der Waals surface area contributed by atoms with Crippen LogP contribution in [0.4, 0.5) is 0 Å². The molecule has 0 saturated heterocycles. The van der Waals surface area contributed by atoms with Crippen molar-refractivity contribution < 1.29 is 14.7 Å². The van der Waals surface area contributed by atoms with Crippen LogP contribution < -0.4 is 5.32 Å². The van der Waals surface area contributed by atoms with Crippen LogP contribution in [0, 0.1) is 23.7 Å². The van der Waals surface area contributed by atoms with Crippen molar-refractivity contribution in [3.05, 3.63) is 12.2 Å². The van der Waals surface area contributed by atoms with Crippen LogP contribution in [0.1, 0.15) is 44.9 Å². The Bertz CT molecular complexity index is 423. The number of fused-ring (bicyclic) bond motifs is 2. The average Bonchev–Trinajstić information content (AvgIpc) is 2.93. The van der Waals surface area contributed by atoms with E-state index in [1.54, 1.807) is 0 Å². The van der Waals surface area contributed by atoms with Crippen LogP contribution in [0.25, 0.3) is 0 Å². The van der Waals surface area contributed by atoms with Crippen LogP contribution in [-0.4, -0.2) is 23.0 Å². The summed E-state index contributed by atoms with van der Waals surface area (Å²) in [6, 6.07) is 0.252. The lowest BCUT2D eigenvalue weighted by Crippen LogP contribution is -2.44. The highest BCUT2D eigenvalue weighted by molar-refractivity contribution is 5.87. The van der Waals surface area contributed by atoms with Crippen LogP contribution in [0.3, 0.4) is 0 Å². The van der Waals surface area contributed by atoms with E-state index in [0.717, 1.165) is 19.3 Å². The van der Waals surface area contributed by atoms with Gasteiger partial charge in [-0.1, -0.05) is 37.8 Å². The van der Waals surface area contributed by atoms with Crippen LogP contribution >= 0.6 is 0 Å². The first kappa shape index (κ1) is 13.7. The second kappa shape index (κ2) is 5.58. The zero-order chi connectivity index (χ0) is 14.1. The van der Waals surface area contributed by atoms with E-state index in [1.165, 1.54) is 25.7 Å². The predicted octanol–water partition coefficient (Wildman–Crippen LogP) is 2.35. The molecule has 4 atom stereocenters. The molecule has 2 saturated carbocycles. The number of allylic oxidation sites excluding steroid dienone is 2. The monoisotopic (exact) mass is 277 g/mol. The number of nitrogens with one attached hydrogen (secondary N) is 1. The van der Waals surface area contributed by atoms with E-state index < -0.39 is 11.9 Å². The van der Waals surface area contributed by atoms with Gasteiger partial charge < -0.3 is 10.4 Å². The number of carboxylic acid groups (broad SMARTS) is 1. The maximum Gasteiger partial charge on any atom is 0.307 e. The molecule has 0 spiro atoms. The maximum absolute atomic E-state index is 12.5. The fraction of sp³-hybridized carbons (Fsp3) is 0.750. The Kier molecular flexibility index (Phi) is 3.81. The second-order valence-corrected chi connectivity index (χ2v) is 6.54. The molecular formula is C16H23NO3. The van der Waals surface area contributed by atoms with Gasteiger partial charge in [-0.3, -0.25) is 9.59 Å². The van der Waals surface area contributed by atoms with Crippen LogP contribution in [-0.2, 0) is 9.59 Å². The summed E-state index contributed by atoms with van der Waals surface area (Å²) in [4.78, 5) is 24.0. The first-order valence-corrected chi connectivity index (χ1v) is 7.88. The first-order chi connectivity index (χ1) is 9.66. The fourth-order valence-electron chi connectivity index (χ4n) is 4.24. The van der Waals surface area contributed by atoms with Crippen molar-refractivity contribution in [1.29, 1.82) is 0 Å². The average molecular weight is 277 g/mol. The molecule has 3 aliphatic carbocycles. The fourth-order valence-corrected chi connectivity index (χ4v) is 4.24. The van der Waals surface area contributed by atoms with Gasteiger partial charge in [-0.25, -0.2) is 0 Å². The molecule has 3 rings (SSSR count). The lowest BCUT2D eigenvalue weighted by atomic mass is 9.82. The molecule has 0 heterocycles. The quantitative estimate of drug-likeness (QED) is 0.614. The predicted molar refractivity (Wildman–Crippen MR) is 75.0 cm³/mol. The van der Waals surface area contributed by atoms with E-state index in [-0.39, 0.29) is 29.7 Å². The number of hydrogen-bond acceptors (Lipinski definition) is 2. The molecule has 1 amide bonds. The molecule has 20 heavy (non-hydrogen) atoms. The molecule has 0 radical (unpaired) electrons. The molecule has 2 bridgehead atoms. The number of hydrogen-bond donors (Lipinski definition) is 2. The van der Waals surface area contributed by atoms with Crippen molar-refractivity contribution in [3.63, 3.8) is 0 Å². The smallest absolute Gasteiger partial charge is 0.307 e. The molecule has 4 nitrogen and oxygen atoms in total. The molecule has 0 aromatic heterocycles. The van der Waals surface area contributed by atoms with Crippen molar-refractivity contribution >= 4 is 11.9 Å². The second-order valence-electron chi connectivity index (χ2n) is 6.54. The maximum atomic E-state index is 12.5. The normalized spacial score (nSPS) is 36.8. The van der Waals surface area contributed by atoms with Gasteiger partial charge in [0.25, 0.3) is 0 Å². The number of carbonyl (C=O) groups is 2. The van der Waals surface area contributed by atoms with E-state index in [9.17, 15) is 14.7 Å². The summed E-state index contributed by atoms with van der Waals surface area (Å²) >= 11 is 0. The molecule has 0 aromatic carbocycles. The molecule has 2 fully saturated rings. The van der Waals surface area contributed by atoms with Gasteiger partial charge in [-0.2, -0.15) is 0 Å². The van der Waals surface area contributed by atoms with Gasteiger partial charge in [0.1, 0.15) is 0 Å². The zero-order valence-corrected chi connectivity index (χ0v) is 11.8. The highest BCUT2D eigenvalue weighted by Gasteiger charge is 2.51. The molecule has 4 heteroatoms. The van der Waals surface area contributed by atoms with E-state index in [4.69, 9.17) is 0 Å². The van der Waals surface area contributed by atoms with Gasteiger partial charge in [0.2, 0.25) is 5.91 Å². The van der Waals surface area contributed by atoms with Crippen LogP contribution in [0.5, 0.6) is 0 Å². The lowest BCUT2D eigenvalue weighted by Gasteiger charge is -2.26. The molecule has 0 unspecified atom stereocenters. The third-order valence-electron chi connectivity index (χ3n) is 5.25. The minimum atomic E-state index is -0.817. The first-order valence-electron chi connectivity index (χ1n) is 7.88. The summed E-state index contributed by atoms with van der Waals surface area (Å²) < 4.78 is 0. The Balaban J connectivity index is 1.66. The Hall–Kier alpha value is -1.32. The molecule has 0 aliphatic heterocycles. The van der Waals surface area contributed by atoms with E-state index in [2.05, 4.69) is 5.32 Å². The molecule has 3 aliphatic rings. The molecule has 110 valence electrons. The number of carboxylic acids is 1. The van der Waals surface area contributed by atoms with Gasteiger partial charge in [0.05, 0.1) is 11.8 Å². The van der Waals surface area contributed by atoms with Crippen LogP contribution in [0.15, 0.2) is 12.2 Å². The Labute approximate surface area is 119 Å². The van der Waals surface area contributed by atoms with Crippen molar-refractivity contribution in [2.75, 3.05) is 0 Å². The van der Waals surface area contributed by atoms with Gasteiger partial charge in [0, 0.05) is 6.04 Å². The minimum Gasteiger partial charge on any atom is -0.481 e. The van der Waals surface area contributed by atoms with Gasteiger partial charge >= 0.3 is 5.97 Å². The number of aliphatic carboxylic acids is 1. The summed E-state index contributed by atoms with van der Waals surface area (Å²) in [7, 11) is 0.